The average Bonchev–Trinajstić information content (AvgIpc) is 2.94. The SMILES string of the molecule is CSCc1ccc(C(=O)NC(c2cccnc2)C(C)C)o1. The van der Waals surface area contributed by atoms with Gasteiger partial charge >= 0.3 is 0 Å². The highest BCUT2D eigenvalue weighted by Crippen LogP contribution is 2.22. The van der Waals surface area contributed by atoms with E-state index in [1.807, 2.05) is 24.5 Å². The zero-order chi connectivity index (χ0) is 15.2. The summed E-state index contributed by atoms with van der Waals surface area (Å²) in [7, 11) is 0. The van der Waals surface area contributed by atoms with Gasteiger partial charge in [-0.1, -0.05) is 19.9 Å². The van der Waals surface area contributed by atoms with Crippen molar-refractivity contribution in [1.29, 1.82) is 0 Å². The zero-order valence-electron chi connectivity index (χ0n) is 12.5. The average molecular weight is 304 g/mol. The van der Waals surface area contributed by atoms with Crippen LogP contribution in [0.3, 0.4) is 0 Å². The van der Waals surface area contributed by atoms with E-state index >= 15 is 0 Å². The lowest BCUT2D eigenvalue weighted by Crippen LogP contribution is -2.31. The van der Waals surface area contributed by atoms with Gasteiger partial charge in [-0.15, -0.1) is 0 Å². The molecule has 0 bridgehead atoms. The van der Waals surface area contributed by atoms with Crippen molar-refractivity contribution in [3.63, 3.8) is 0 Å². The number of aromatic nitrogens is 1. The number of carbonyl (C=O) groups excluding carboxylic acids is 1. The minimum Gasteiger partial charge on any atom is -0.455 e. The summed E-state index contributed by atoms with van der Waals surface area (Å²) in [6.07, 6.45) is 5.51. The van der Waals surface area contributed by atoms with Gasteiger partial charge in [0.1, 0.15) is 5.76 Å². The van der Waals surface area contributed by atoms with Crippen molar-refractivity contribution < 1.29 is 9.21 Å². The highest BCUT2D eigenvalue weighted by Gasteiger charge is 2.21. The molecule has 2 rings (SSSR count). The monoisotopic (exact) mass is 304 g/mol. The molecule has 0 saturated carbocycles. The van der Waals surface area contributed by atoms with Crippen molar-refractivity contribution in [3.05, 3.63) is 53.7 Å². The first kappa shape index (κ1) is 15.6. The summed E-state index contributed by atoms with van der Waals surface area (Å²) < 4.78 is 5.55. The van der Waals surface area contributed by atoms with Crippen LogP contribution in [0.2, 0.25) is 0 Å². The normalized spacial score (nSPS) is 12.4. The maximum atomic E-state index is 12.3. The molecule has 0 aromatic carbocycles. The van der Waals surface area contributed by atoms with Crippen molar-refractivity contribution in [2.45, 2.75) is 25.6 Å². The summed E-state index contributed by atoms with van der Waals surface area (Å²) in [4.78, 5) is 16.4. The van der Waals surface area contributed by atoms with Crippen molar-refractivity contribution in [2.75, 3.05) is 6.26 Å². The lowest BCUT2D eigenvalue weighted by molar-refractivity contribution is 0.0896. The molecule has 0 saturated heterocycles. The van der Waals surface area contributed by atoms with Gasteiger partial charge in [-0.3, -0.25) is 9.78 Å². The van der Waals surface area contributed by atoms with Gasteiger partial charge in [0, 0.05) is 12.4 Å². The van der Waals surface area contributed by atoms with Gasteiger partial charge in [-0.05, 0) is 35.9 Å². The molecule has 0 fully saturated rings. The lowest BCUT2D eigenvalue weighted by Gasteiger charge is -2.22. The molecule has 5 heteroatoms. The predicted molar refractivity (Wildman–Crippen MR) is 85.2 cm³/mol. The number of nitrogens with zero attached hydrogens (tertiary/aromatic N) is 1. The number of hydrogen-bond acceptors (Lipinski definition) is 4. The number of thioether (sulfide) groups is 1. The van der Waals surface area contributed by atoms with E-state index < -0.39 is 0 Å². The number of furan rings is 1. The van der Waals surface area contributed by atoms with E-state index in [1.165, 1.54) is 0 Å². The Labute approximate surface area is 129 Å². The van der Waals surface area contributed by atoms with Crippen LogP contribution in [0.5, 0.6) is 0 Å². The first-order valence-corrected chi connectivity index (χ1v) is 8.29. The Balaban J connectivity index is 2.11. The van der Waals surface area contributed by atoms with Crippen molar-refractivity contribution in [2.24, 2.45) is 5.92 Å². The van der Waals surface area contributed by atoms with Crippen molar-refractivity contribution in [1.82, 2.24) is 10.3 Å². The summed E-state index contributed by atoms with van der Waals surface area (Å²) in [6.45, 7) is 4.14. The molecule has 1 atom stereocenters. The predicted octanol–water partition coefficient (Wildman–Crippen LogP) is 3.66. The van der Waals surface area contributed by atoms with Gasteiger partial charge in [0.2, 0.25) is 0 Å². The minimum atomic E-state index is -0.190. The first-order chi connectivity index (χ1) is 10.1. The number of rotatable bonds is 6. The third-order valence-corrected chi connectivity index (χ3v) is 3.74. The fraction of sp³-hybridized carbons (Fsp3) is 0.375. The number of amides is 1. The van der Waals surface area contributed by atoms with Crippen LogP contribution < -0.4 is 5.32 Å². The van der Waals surface area contributed by atoms with Crippen LogP contribution in [0.25, 0.3) is 0 Å². The Morgan fingerprint density at radius 3 is 2.81 bits per heavy atom. The number of carbonyl (C=O) groups is 1. The van der Waals surface area contributed by atoms with E-state index in [9.17, 15) is 4.79 Å². The summed E-state index contributed by atoms with van der Waals surface area (Å²) in [5.74, 6) is 2.01. The molecule has 21 heavy (non-hydrogen) atoms. The van der Waals surface area contributed by atoms with Gasteiger partial charge in [0.25, 0.3) is 5.91 Å². The molecule has 0 aliphatic heterocycles. The van der Waals surface area contributed by atoms with E-state index in [0.29, 0.717) is 5.76 Å². The summed E-state index contributed by atoms with van der Waals surface area (Å²) >= 11 is 1.66. The molecule has 4 nitrogen and oxygen atoms in total. The van der Waals surface area contributed by atoms with Crippen LogP contribution in [0.15, 0.2) is 41.1 Å². The molecule has 0 aliphatic rings. The molecule has 1 N–H and O–H groups in total. The summed E-state index contributed by atoms with van der Waals surface area (Å²) in [6, 6.07) is 7.33. The number of hydrogen-bond donors (Lipinski definition) is 1. The highest BCUT2D eigenvalue weighted by atomic mass is 32.2. The van der Waals surface area contributed by atoms with Crippen LogP contribution in [-0.2, 0) is 5.75 Å². The lowest BCUT2D eigenvalue weighted by atomic mass is 9.97. The number of pyridine rings is 1. The van der Waals surface area contributed by atoms with Crippen molar-refractivity contribution >= 4 is 17.7 Å². The quantitative estimate of drug-likeness (QED) is 0.885. The highest BCUT2D eigenvalue weighted by molar-refractivity contribution is 7.97. The Kier molecular flexibility index (Phi) is 5.44. The molecule has 0 spiro atoms. The molecule has 2 aromatic rings. The molecule has 2 heterocycles. The Hall–Kier alpha value is -1.75. The van der Waals surface area contributed by atoms with Crippen LogP contribution in [0, 0.1) is 5.92 Å². The largest absolute Gasteiger partial charge is 0.455 e. The molecule has 112 valence electrons. The maximum Gasteiger partial charge on any atom is 0.287 e. The second-order valence-electron chi connectivity index (χ2n) is 5.18. The molecule has 0 radical (unpaired) electrons. The van der Waals surface area contributed by atoms with E-state index in [4.69, 9.17) is 4.42 Å². The fourth-order valence-electron chi connectivity index (χ4n) is 2.13. The summed E-state index contributed by atoms with van der Waals surface area (Å²) in [5.41, 5.74) is 0.997. The van der Waals surface area contributed by atoms with Gasteiger partial charge < -0.3 is 9.73 Å². The fourth-order valence-corrected chi connectivity index (χ4v) is 2.57. The van der Waals surface area contributed by atoms with Crippen LogP contribution in [0.4, 0.5) is 0 Å². The molecular weight excluding hydrogens is 284 g/mol. The van der Waals surface area contributed by atoms with Crippen LogP contribution in [-0.4, -0.2) is 17.1 Å². The smallest absolute Gasteiger partial charge is 0.287 e. The standard InChI is InChI=1S/C16H20N2O2S/c1-11(2)15(12-5-4-8-17-9-12)18-16(19)14-7-6-13(20-14)10-21-3/h4-9,11,15H,10H2,1-3H3,(H,18,19). The minimum absolute atomic E-state index is 0.0831. The van der Waals surface area contributed by atoms with Gasteiger partial charge in [0.05, 0.1) is 11.8 Å². The molecule has 1 amide bonds. The van der Waals surface area contributed by atoms with Gasteiger partial charge in [-0.25, -0.2) is 0 Å². The Morgan fingerprint density at radius 2 is 2.19 bits per heavy atom. The van der Waals surface area contributed by atoms with E-state index in [2.05, 4.69) is 24.1 Å². The van der Waals surface area contributed by atoms with Gasteiger partial charge in [0.15, 0.2) is 5.76 Å². The summed E-state index contributed by atoms with van der Waals surface area (Å²) in [5, 5.41) is 3.02. The molecule has 2 aromatic heterocycles. The molecular formula is C16H20N2O2S. The number of nitrogens with one attached hydrogen (secondary N) is 1. The second kappa shape index (κ2) is 7.31. The van der Waals surface area contributed by atoms with Gasteiger partial charge in [-0.2, -0.15) is 11.8 Å². The van der Waals surface area contributed by atoms with E-state index in [1.54, 1.807) is 30.2 Å². The Bertz CT molecular complexity index is 581. The van der Waals surface area contributed by atoms with Crippen LogP contribution in [0.1, 0.15) is 41.8 Å². The van der Waals surface area contributed by atoms with Crippen molar-refractivity contribution in [3.8, 4) is 0 Å². The Morgan fingerprint density at radius 1 is 1.38 bits per heavy atom. The maximum absolute atomic E-state index is 12.3. The van der Waals surface area contributed by atoms with E-state index in [0.717, 1.165) is 17.1 Å². The molecule has 0 aliphatic carbocycles. The van der Waals surface area contributed by atoms with E-state index in [-0.39, 0.29) is 17.9 Å². The van der Waals surface area contributed by atoms with Crippen LogP contribution >= 0.6 is 11.8 Å². The molecule has 1 unspecified atom stereocenters. The third-order valence-electron chi connectivity index (χ3n) is 3.17. The third kappa shape index (κ3) is 4.11. The zero-order valence-corrected chi connectivity index (χ0v) is 13.3. The second-order valence-corrected chi connectivity index (χ2v) is 6.05. The topological polar surface area (TPSA) is 55.1 Å². The first-order valence-electron chi connectivity index (χ1n) is 6.90.